The molecule has 0 spiro atoms. The third-order valence-corrected chi connectivity index (χ3v) is 4.09. The van der Waals surface area contributed by atoms with E-state index in [1.54, 1.807) is 0 Å². The predicted octanol–water partition coefficient (Wildman–Crippen LogP) is 2.55. The summed E-state index contributed by atoms with van der Waals surface area (Å²) in [5.74, 6) is 0.675. The van der Waals surface area contributed by atoms with Crippen LogP contribution in [0.15, 0.2) is 24.3 Å². The topological polar surface area (TPSA) is 29.3 Å². The van der Waals surface area contributed by atoms with E-state index in [9.17, 15) is 0 Å². The molecule has 2 rings (SSSR count). The molecule has 1 fully saturated rings. The predicted molar refractivity (Wildman–Crippen MR) is 72.8 cm³/mol. The lowest BCUT2D eigenvalue weighted by atomic mass is 9.90. The first-order valence-corrected chi connectivity index (χ1v) is 6.70. The zero-order chi connectivity index (χ0) is 12.3. The highest BCUT2D eigenvalue weighted by Gasteiger charge is 2.26. The van der Waals surface area contributed by atoms with Gasteiger partial charge < -0.3 is 5.73 Å². The Balaban J connectivity index is 2.00. The van der Waals surface area contributed by atoms with Crippen LogP contribution in [0.25, 0.3) is 0 Å². The van der Waals surface area contributed by atoms with Crippen molar-refractivity contribution < 1.29 is 0 Å². The Labute approximate surface area is 105 Å². The van der Waals surface area contributed by atoms with Gasteiger partial charge in [-0.2, -0.15) is 0 Å². The van der Waals surface area contributed by atoms with Gasteiger partial charge in [0.25, 0.3) is 0 Å². The summed E-state index contributed by atoms with van der Waals surface area (Å²) in [6, 6.07) is 9.51. The molecule has 0 amide bonds. The molecule has 0 bridgehead atoms. The number of benzene rings is 1. The summed E-state index contributed by atoms with van der Waals surface area (Å²) in [4.78, 5) is 2.58. The smallest absolute Gasteiger partial charge is 0.0236 e. The van der Waals surface area contributed by atoms with Gasteiger partial charge in [0.2, 0.25) is 0 Å². The van der Waals surface area contributed by atoms with E-state index in [1.807, 2.05) is 0 Å². The number of nitrogens with two attached hydrogens (primary N) is 1. The number of piperidine rings is 1. The first kappa shape index (κ1) is 12.6. The second-order valence-corrected chi connectivity index (χ2v) is 5.33. The lowest BCUT2D eigenvalue weighted by Gasteiger charge is -2.39. The van der Waals surface area contributed by atoms with Crippen LogP contribution < -0.4 is 5.73 Å². The fourth-order valence-corrected chi connectivity index (χ4v) is 2.77. The van der Waals surface area contributed by atoms with Crippen molar-refractivity contribution in [1.82, 2.24) is 4.90 Å². The van der Waals surface area contributed by atoms with Crippen LogP contribution >= 0.6 is 0 Å². The molecule has 2 N–H and O–H groups in total. The zero-order valence-corrected chi connectivity index (χ0v) is 11.0. The van der Waals surface area contributed by atoms with Crippen molar-refractivity contribution in [1.29, 1.82) is 0 Å². The molecule has 0 radical (unpaired) electrons. The monoisotopic (exact) mass is 232 g/mol. The number of likely N-dealkylation sites (tertiary alicyclic amines) is 1. The molecule has 1 aliphatic heterocycles. The molecule has 1 aliphatic rings. The largest absolute Gasteiger partial charge is 0.330 e. The summed E-state index contributed by atoms with van der Waals surface area (Å²) in [6.07, 6.45) is 2.58. The molecule has 1 saturated heterocycles. The Bertz CT molecular complexity index is 344. The molecule has 0 unspecified atom stereocenters. The summed E-state index contributed by atoms with van der Waals surface area (Å²) in [5.41, 5.74) is 8.59. The minimum Gasteiger partial charge on any atom is -0.330 e. The van der Waals surface area contributed by atoms with Gasteiger partial charge in [0, 0.05) is 12.6 Å². The molecule has 2 nitrogen and oxygen atoms in total. The Morgan fingerprint density at radius 3 is 2.65 bits per heavy atom. The van der Waals surface area contributed by atoms with Crippen molar-refractivity contribution in [3.05, 3.63) is 35.4 Å². The van der Waals surface area contributed by atoms with E-state index in [4.69, 9.17) is 5.73 Å². The second-order valence-electron chi connectivity index (χ2n) is 5.33. The molecule has 0 saturated carbocycles. The minimum atomic E-state index is 0.620. The van der Waals surface area contributed by atoms with Gasteiger partial charge in [0.05, 0.1) is 0 Å². The highest BCUT2D eigenvalue weighted by Crippen LogP contribution is 2.24. The SMILES string of the molecule is Cc1ccc(CN2CCC[C@H](CN)[C@H]2C)cc1. The molecule has 2 atom stereocenters. The quantitative estimate of drug-likeness (QED) is 0.868. The van der Waals surface area contributed by atoms with E-state index < -0.39 is 0 Å². The van der Waals surface area contributed by atoms with Crippen LogP contribution in [0.1, 0.15) is 30.9 Å². The third-order valence-electron chi connectivity index (χ3n) is 4.09. The van der Waals surface area contributed by atoms with Crippen LogP contribution in [-0.4, -0.2) is 24.0 Å². The highest BCUT2D eigenvalue weighted by atomic mass is 15.2. The van der Waals surface area contributed by atoms with Crippen molar-refractivity contribution >= 4 is 0 Å². The lowest BCUT2D eigenvalue weighted by Crippen LogP contribution is -2.45. The van der Waals surface area contributed by atoms with E-state index in [2.05, 4.69) is 43.0 Å². The fraction of sp³-hybridized carbons (Fsp3) is 0.600. The van der Waals surface area contributed by atoms with E-state index in [0.29, 0.717) is 12.0 Å². The van der Waals surface area contributed by atoms with Crippen molar-refractivity contribution in [2.75, 3.05) is 13.1 Å². The summed E-state index contributed by atoms with van der Waals surface area (Å²) in [7, 11) is 0. The number of hydrogen-bond acceptors (Lipinski definition) is 2. The van der Waals surface area contributed by atoms with E-state index in [1.165, 1.54) is 30.5 Å². The Morgan fingerprint density at radius 2 is 2.00 bits per heavy atom. The number of hydrogen-bond donors (Lipinski definition) is 1. The van der Waals surface area contributed by atoms with Crippen LogP contribution in [0.2, 0.25) is 0 Å². The van der Waals surface area contributed by atoms with Gasteiger partial charge in [-0.1, -0.05) is 29.8 Å². The molecule has 1 aromatic rings. The summed E-state index contributed by atoms with van der Waals surface area (Å²) in [6.45, 7) is 7.57. The van der Waals surface area contributed by atoms with Crippen LogP contribution in [0, 0.1) is 12.8 Å². The van der Waals surface area contributed by atoms with Gasteiger partial charge in [-0.15, -0.1) is 0 Å². The molecule has 1 heterocycles. The maximum Gasteiger partial charge on any atom is 0.0236 e. The average molecular weight is 232 g/mol. The van der Waals surface area contributed by atoms with Crippen LogP contribution in [-0.2, 0) is 6.54 Å². The number of nitrogens with zero attached hydrogens (tertiary/aromatic N) is 1. The van der Waals surface area contributed by atoms with Gasteiger partial charge in [0.1, 0.15) is 0 Å². The van der Waals surface area contributed by atoms with E-state index in [0.717, 1.165) is 13.1 Å². The Kier molecular flexibility index (Phi) is 4.19. The van der Waals surface area contributed by atoms with E-state index >= 15 is 0 Å². The van der Waals surface area contributed by atoms with Crippen LogP contribution in [0.5, 0.6) is 0 Å². The second kappa shape index (κ2) is 5.65. The lowest BCUT2D eigenvalue weighted by molar-refractivity contribution is 0.101. The maximum atomic E-state index is 5.84. The first-order chi connectivity index (χ1) is 8.20. The molecular formula is C15H24N2. The van der Waals surface area contributed by atoms with Crippen molar-refractivity contribution in [2.45, 2.75) is 39.3 Å². The van der Waals surface area contributed by atoms with Crippen molar-refractivity contribution in [3.8, 4) is 0 Å². The molecule has 2 heteroatoms. The number of aryl methyl sites for hydroxylation is 1. The summed E-state index contributed by atoms with van der Waals surface area (Å²) < 4.78 is 0. The van der Waals surface area contributed by atoms with Gasteiger partial charge in [-0.05, 0) is 51.3 Å². The standard InChI is InChI=1S/C15H24N2/c1-12-5-7-14(8-6-12)11-17-9-3-4-15(10-16)13(17)2/h5-8,13,15H,3-4,9-11,16H2,1-2H3/t13-,15-/m1/s1. The Hall–Kier alpha value is -0.860. The van der Waals surface area contributed by atoms with Gasteiger partial charge >= 0.3 is 0 Å². The fourth-order valence-electron chi connectivity index (χ4n) is 2.77. The third kappa shape index (κ3) is 3.08. The van der Waals surface area contributed by atoms with Gasteiger partial charge in [-0.25, -0.2) is 0 Å². The minimum absolute atomic E-state index is 0.620. The molecular weight excluding hydrogens is 208 g/mol. The normalized spacial score (nSPS) is 26.1. The maximum absolute atomic E-state index is 5.84. The summed E-state index contributed by atoms with van der Waals surface area (Å²) >= 11 is 0. The summed E-state index contributed by atoms with van der Waals surface area (Å²) in [5, 5.41) is 0. The van der Waals surface area contributed by atoms with Crippen LogP contribution in [0.4, 0.5) is 0 Å². The van der Waals surface area contributed by atoms with E-state index in [-0.39, 0.29) is 0 Å². The highest BCUT2D eigenvalue weighted by molar-refractivity contribution is 5.21. The zero-order valence-electron chi connectivity index (χ0n) is 11.0. The molecule has 94 valence electrons. The molecule has 0 aromatic heterocycles. The van der Waals surface area contributed by atoms with Gasteiger partial charge in [0.15, 0.2) is 0 Å². The van der Waals surface area contributed by atoms with Crippen LogP contribution in [0.3, 0.4) is 0 Å². The molecule has 17 heavy (non-hydrogen) atoms. The molecule has 1 aromatic carbocycles. The average Bonchev–Trinajstić information content (AvgIpc) is 2.35. The molecule has 0 aliphatic carbocycles. The van der Waals surface area contributed by atoms with Crippen molar-refractivity contribution in [2.24, 2.45) is 11.7 Å². The van der Waals surface area contributed by atoms with Gasteiger partial charge in [-0.3, -0.25) is 4.90 Å². The number of rotatable bonds is 3. The van der Waals surface area contributed by atoms with Crippen molar-refractivity contribution in [3.63, 3.8) is 0 Å². The first-order valence-electron chi connectivity index (χ1n) is 6.70. The Morgan fingerprint density at radius 1 is 1.29 bits per heavy atom.